The predicted molar refractivity (Wildman–Crippen MR) is 78.1 cm³/mol. The fourth-order valence-electron chi connectivity index (χ4n) is 1.79. The van der Waals surface area contributed by atoms with Crippen LogP contribution in [0.15, 0.2) is 47.1 Å². The van der Waals surface area contributed by atoms with Gasteiger partial charge in [0.1, 0.15) is 0 Å². The predicted octanol–water partition coefficient (Wildman–Crippen LogP) is 3.23. The molecule has 96 valence electrons. The standard InChI is InChI=1S/C13H12N4S2/c1-17-12(10-5-3-2-4-6-10)7-14-13(17)18-8-11-9-19-16-15-11/h2-7,9H,8H2,1H3. The van der Waals surface area contributed by atoms with Crippen LogP contribution in [0.25, 0.3) is 11.3 Å². The molecule has 2 heterocycles. The largest absolute Gasteiger partial charge is 0.322 e. The van der Waals surface area contributed by atoms with Gasteiger partial charge in [0.25, 0.3) is 0 Å². The Hall–Kier alpha value is -1.66. The Bertz CT molecular complexity index is 647. The zero-order chi connectivity index (χ0) is 13.1. The molecular formula is C13H12N4S2. The lowest BCUT2D eigenvalue weighted by molar-refractivity contribution is 0.796. The summed E-state index contributed by atoms with van der Waals surface area (Å²) in [6, 6.07) is 10.3. The number of aromatic nitrogens is 4. The van der Waals surface area contributed by atoms with Crippen LogP contribution in [0.1, 0.15) is 5.69 Å². The lowest BCUT2D eigenvalue weighted by atomic mass is 10.2. The first-order chi connectivity index (χ1) is 9.34. The van der Waals surface area contributed by atoms with Crippen molar-refractivity contribution in [1.82, 2.24) is 19.1 Å². The van der Waals surface area contributed by atoms with E-state index in [1.165, 1.54) is 17.1 Å². The van der Waals surface area contributed by atoms with E-state index < -0.39 is 0 Å². The van der Waals surface area contributed by atoms with Crippen LogP contribution in [-0.4, -0.2) is 19.1 Å². The number of rotatable bonds is 4. The summed E-state index contributed by atoms with van der Waals surface area (Å²) < 4.78 is 5.97. The molecule has 4 nitrogen and oxygen atoms in total. The van der Waals surface area contributed by atoms with Crippen LogP contribution in [0, 0.1) is 0 Å². The Balaban J connectivity index is 1.79. The molecule has 19 heavy (non-hydrogen) atoms. The van der Waals surface area contributed by atoms with E-state index >= 15 is 0 Å². The van der Waals surface area contributed by atoms with E-state index in [1.807, 2.05) is 36.8 Å². The summed E-state index contributed by atoms with van der Waals surface area (Å²) >= 11 is 3.06. The van der Waals surface area contributed by atoms with Crippen LogP contribution in [0.5, 0.6) is 0 Å². The van der Waals surface area contributed by atoms with Crippen LogP contribution >= 0.6 is 23.3 Å². The first kappa shape index (κ1) is 12.4. The molecule has 3 aromatic rings. The van der Waals surface area contributed by atoms with Gasteiger partial charge in [-0.25, -0.2) is 4.98 Å². The monoisotopic (exact) mass is 288 g/mol. The van der Waals surface area contributed by atoms with Crippen molar-refractivity contribution >= 4 is 23.3 Å². The second kappa shape index (κ2) is 5.54. The number of hydrogen-bond acceptors (Lipinski definition) is 5. The summed E-state index contributed by atoms with van der Waals surface area (Å²) in [5.41, 5.74) is 3.30. The smallest absolute Gasteiger partial charge is 0.168 e. The van der Waals surface area contributed by atoms with Gasteiger partial charge in [-0.15, -0.1) is 5.10 Å². The first-order valence-corrected chi connectivity index (χ1v) is 7.62. The molecule has 0 aliphatic carbocycles. The summed E-state index contributed by atoms with van der Waals surface area (Å²) in [6.45, 7) is 0. The first-order valence-electron chi connectivity index (χ1n) is 5.80. The molecule has 0 unspecified atom stereocenters. The average Bonchev–Trinajstić information content (AvgIpc) is 3.07. The molecular weight excluding hydrogens is 276 g/mol. The second-order valence-electron chi connectivity index (χ2n) is 4.04. The van der Waals surface area contributed by atoms with Gasteiger partial charge in [-0.2, -0.15) is 0 Å². The van der Waals surface area contributed by atoms with E-state index in [2.05, 4.69) is 31.3 Å². The molecule has 3 rings (SSSR count). The molecule has 6 heteroatoms. The maximum Gasteiger partial charge on any atom is 0.168 e. The van der Waals surface area contributed by atoms with Crippen LogP contribution in [0.2, 0.25) is 0 Å². The minimum absolute atomic E-state index is 0.801. The summed E-state index contributed by atoms with van der Waals surface area (Å²) in [4.78, 5) is 4.47. The number of benzene rings is 1. The SMILES string of the molecule is Cn1c(-c2ccccc2)cnc1SCc1csnn1. The molecule has 2 aromatic heterocycles. The van der Waals surface area contributed by atoms with E-state index in [-0.39, 0.29) is 0 Å². The minimum atomic E-state index is 0.801. The van der Waals surface area contributed by atoms with Crippen molar-refractivity contribution in [1.29, 1.82) is 0 Å². The Morgan fingerprint density at radius 3 is 2.84 bits per heavy atom. The Kier molecular flexibility index (Phi) is 3.61. The summed E-state index contributed by atoms with van der Waals surface area (Å²) in [5.74, 6) is 0.801. The fourth-order valence-corrected chi connectivity index (χ4v) is 3.18. The van der Waals surface area contributed by atoms with E-state index in [1.54, 1.807) is 11.8 Å². The van der Waals surface area contributed by atoms with Crippen molar-refractivity contribution in [2.45, 2.75) is 10.9 Å². The quantitative estimate of drug-likeness (QED) is 0.691. The highest BCUT2D eigenvalue weighted by molar-refractivity contribution is 7.98. The van der Waals surface area contributed by atoms with E-state index in [0.29, 0.717) is 0 Å². The van der Waals surface area contributed by atoms with Crippen molar-refractivity contribution in [3.05, 3.63) is 47.6 Å². The van der Waals surface area contributed by atoms with Crippen LogP contribution in [-0.2, 0) is 12.8 Å². The molecule has 0 saturated heterocycles. The van der Waals surface area contributed by atoms with Crippen molar-refractivity contribution in [2.24, 2.45) is 7.05 Å². The van der Waals surface area contributed by atoms with E-state index in [9.17, 15) is 0 Å². The maximum atomic E-state index is 4.47. The molecule has 0 atom stereocenters. The lowest BCUT2D eigenvalue weighted by Crippen LogP contribution is -1.94. The fraction of sp³-hybridized carbons (Fsp3) is 0.154. The zero-order valence-corrected chi connectivity index (χ0v) is 12.0. The van der Waals surface area contributed by atoms with Gasteiger partial charge >= 0.3 is 0 Å². The molecule has 0 aliphatic rings. The topological polar surface area (TPSA) is 43.6 Å². The van der Waals surface area contributed by atoms with Gasteiger partial charge < -0.3 is 4.57 Å². The van der Waals surface area contributed by atoms with Gasteiger partial charge in [-0.1, -0.05) is 46.6 Å². The average molecular weight is 288 g/mol. The molecule has 0 radical (unpaired) electrons. The number of nitrogens with zero attached hydrogens (tertiary/aromatic N) is 4. The van der Waals surface area contributed by atoms with Gasteiger partial charge in [0.15, 0.2) is 5.16 Å². The highest BCUT2D eigenvalue weighted by Crippen LogP contribution is 2.26. The van der Waals surface area contributed by atoms with Crippen LogP contribution < -0.4 is 0 Å². The van der Waals surface area contributed by atoms with Gasteiger partial charge in [0, 0.05) is 18.2 Å². The van der Waals surface area contributed by atoms with Gasteiger partial charge in [-0.05, 0) is 17.1 Å². The Labute approximate surface area is 119 Å². The van der Waals surface area contributed by atoms with Crippen molar-refractivity contribution in [3.8, 4) is 11.3 Å². The molecule has 0 N–H and O–H groups in total. The van der Waals surface area contributed by atoms with Gasteiger partial charge in [-0.3, -0.25) is 0 Å². The Morgan fingerprint density at radius 2 is 2.11 bits per heavy atom. The highest BCUT2D eigenvalue weighted by atomic mass is 32.2. The highest BCUT2D eigenvalue weighted by Gasteiger charge is 2.09. The summed E-state index contributed by atoms with van der Waals surface area (Å²) in [6.07, 6.45) is 1.91. The maximum absolute atomic E-state index is 4.47. The van der Waals surface area contributed by atoms with Crippen molar-refractivity contribution in [3.63, 3.8) is 0 Å². The van der Waals surface area contributed by atoms with Crippen molar-refractivity contribution in [2.75, 3.05) is 0 Å². The van der Waals surface area contributed by atoms with Crippen LogP contribution in [0.4, 0.5) is 0 Å². The normalized spacial score (nSPS) is 10.8. The third-order valence-electron chi connectivity index (χ3n) is 2.77. The van der Waals surface area contributed by atoms with Crippen LogP contribution in [0.3, 0.4) is 0 Å². The van der Waals surface area contributed by atoms with Gasteiger partial charge in [0.2, 0.25) is 0 Å². The minimum Gasteiger partial charge on any atom is -0.322 e. The molecule has 1 aromatic carbocycles. The molecule has 0 amide bonds. The third-order valence-corrected chi connectivity index (χ3v) is 4.40. The number of hydrogen-bond donors (Lipinski definition) is 0. The van der Waals surface area contributed by atoms with Gasteiger partial charge in [0.05, 0.1) is 17.6 Å². The zero-order valence-electron chi connectivity index (χ0n) is 10.4. The van der Waals surface area contributed by atoms with E-state index in [4.69, 9.17) is 0 Å². The summed E-state index contributed by atoms with van der Waals surface area (Å²) in [7, 11) is 2.04. The molecule has 0 spiro atoms. The molecule has 0 fully saturated rings. The van der Waals surface area contributed by atoms with E-state index in [0.717, 1.165) is 22.3 Å². The van der Waals surface area contributed by atoms with Crippen molar-refractivity contribution < 1.29 is 0 Å². The molecule has 0 bridgehead atoms. The molecule has 0 saturated carbocycles. The molecule has 0 aliphatic heterocycles. The Morgan fingerprint density at radius 1 is 1.26 bits per heavy atom. The summed E-state index contributed by atoms with van der Waals surface area (Å²) in [5, 5.41) is 7.00. The lowest BCUT2D eigenvalue weighted by Gasteiger charge is -2.04. The second-order valence-corrected chi connectivity index (χ2v) is 5.59. The number of thioether (sulfide) groups is 1. The third kappa shape index (κ3) is 2.69. The number of imidazole rings is 1.